The average Bonchev–Trinajstić information content (AvgIpc) is 3.21. The largest absolute Gasteiger partial charge is 0.492 e. The smallest absolute Gasteiger partial charge is 0.410 e. The van der Waals surface area contributed by atoms with E-state index in [4.69, 9.17) is 33.2 Å². The lowest BCUT2D eigenvalue weighted by Crippen LogP contribution is -2.53. The fourth-order valence-corrected chi connectivity index (χ4v) is 6.31. The van der Waals surface area contributed by atoms with E-state index in [0.29, 0.717) is 16.7 Å². The molecule has 0 aromatic heterocycles. The van der Waals surface area contributed by atoms with Crippen LogP contribution in [0.3, 0.4) is 0 Å². The Labute approximate surface area is 367 Å². The first-order chi connectivity index (χ1) is 29.7. The zero-order valence-electron chi connectivity index (χ0n) is 37.5. The molecule has 0 saturated heterocycles. The van der Waals surface area contributed by atoms with Gasteiger partial charge in [-0.05, 0) is 89.4 Å². The van der Waals surface area contributed by atoms with Crippen molar-refractivity contribution < 1.29 is 61.9 Å². The van der Waals surface area contributed by atoms with Crippen LogP contribution in [0.4, 0.5) is 14.4 Å². The van der Waals surface area contributed by atoms with Gasteiger partial charge in [-0.25, -0.2) is 19.2 Å². The second-order valence-electron chi connectivity index (χ2n) is 16.6. The number of methoxy groups -OCH3 is 2. The third-order valence-electron chi connectivity index (χ3n) is 9.11. The minimum atomic E-state index is -1.38. The van der Waals surface area contributed by atoms with Crippen LogP contribution in [-0.4, -0.2) is 112 Å². The molecule has 0 saturated carbocycles. The summed E-state index contributed by atoms with van der Waals surface area (Å²) in [6.07, 6.45) is -2.23. The standard InChI is InChI=1S/C45H59N5O13/c1-27-38(51)49-33(40(53)58-10)23-29-22-32(37(57-9)35(24-29)60-21-19-47-42(55)63-45(5,6)7)31-25-30(16-17-34(31)59-20-18-46-41(54)62-44(2,3)4)36(39(52)48-27)50(8)43(56)61-26-28-14-12-11-13-15-28/h11-17,22,24-25,27,33,36H,18-21,23,26H2,1-10H3,(H,46,54)(H,47,55)(H,48,52)(H,49,51)/t27-,33-,36-/m0/s1. The predicted octanol–water partition coefficient (Wildman–Crippen LogP) is 5.20. The molecule has 1 aliphatic heterocycles. The Morgan fingerprint density at radius 1 is 0.762 bits per heavy atom. The molecule has 63 heavy (non-hydrogen) atoms. The number of esters is 1. The Bertz CT molecular complexity index is 2100. The Morgan fingerprint density at radius 3 is 1.94 bits per heavy atom. The number of nitrogens with zero attached hydrogens (tertiary/aromatic N) is 1. The van der Waals surface area contributed by atoms with Crippen LogP contribution in [0.15, 0.2) is 60.7 Å². The maximum Gasteiger partial charge on any atom is 0.410 e. The first kappa shape index (κ1) is 48.9. The fourth-order valence-electron chi connectivity index (χ4n) is 6.31. The van der Waals surface area contributed by atoms with Gasteiger partial charge in [0.15, 0.2) is 11.5 Å². The summed E-state index contributed by atoms with van der Waals surface area (Å²) < 4.78 is 39.8. The molecule has 0 aliphatic carbocycles. The van der Waals surface area contributed by atoms with E-state index in [9.17, 15) is 28.8 Å². The average molecular weight is 878 g/mol. The number of nitrogens with one attached hydrogen (secondary N) is 4. The summed E-state index contributed by atoms with van der Waals surface area (Å²) >= 11 is 0. The number of fused-ring (bicyclic) bond motifs is 5. The summed E-state index contributed by atoms with van der Waals surface area (Å²) in [6.45, 7) is 11.8. The first-order valence-corrected chi connectivity index (χ1v) is 20.4. The summed E-state index contributed by atoms with van der Waals surface area (Å²) in [5, 5.41) is 10.7. The number of ether oxygens (including phenoxy) is 7. The van der Waals surface area contributed by atoms with E-state index in [1.54, 1.807) is 96.1 Å². The molecule has 5 amide bonds. The van der Waals surface area contributed by atoms with Crippen LogP contribution in [0, 0.1) is 0 Å². The van der Waals surface area contributed by atoms with Crippen molar-refractivity contribution in [1.82, 2.24) is 26.2 Å². The summed E-state index contributed by atoms with van der Waals surface area (Å²) in [6, 6.07) is 13.3. The van der Waals surface area contributed by atoms with Gasteiger partial charge in [-0.15, -0.1) is 0 Å². The van der Waals surface area contributed by atoms with Crippen molar-refractivity contribution in [1.29, 1.82) is 0 Å². The Morgan fingerprint density at radius 2 is 1.37 bits per heavy atom. The highest BCUT2D eigenvalue weighted by atomic mass is 16.6. The van der Waals surface area contributed by atoms with E-state index in [1.807, 2.05) is 6.07 Å². The Kier molecular flexibility index (Phi) is 17.0. The number of benzene rings is 3. The summed E-state index contributed by atoms with van der Waals surface area (Å²) in [5.41, 5.74) is 0.748. The molecular formula is C45H59N5O13. The molecular weight excluding hydrogens is 819 g/mol. The zero-order chi connectivity index (χ0) is 46.5. The highest BCUT2D eigenvalue weighted by Gasteiger charge is 2.35. The number of likely N-dealkylation sites (N-methyl/N-ethyl adjacent to an activating group) is 1. The van der Waals surface area contributed by atoms with Gasteiger partial charge in [-0.3, -0.25) is 14.5 Å². The molecule has 1 heterocycles. The second-order valence-corrected chi connectivity index (χ2v) is 16.6. The molecule has 3 aromatic carbocycles. The predicted molar refractivity (Wildman–Crippen MR) is 230 cm³/mol. The molecule has 18 nitrogen and oxygen atoms in total. The van der Waals surface area contributed by atoms with Gasteiger partial charge in [-0.1, -0.05) is 36.4 Å². The van der Waals surface area contributed by atoms with Crippen LogP contribution in [0.25, 0.3) is 11.1 Å². The van der Waals surface area contributed by atoms with Crippen molar-refractivity contribution in [2.24, 2.45) is 0 Å². The van der Waals surface area contributed by atoms with Crippen LogP contribution >= 0.6 is 0 Å². The van der Waals surface area contributed by atoms with E-state index >= 15 is 0 Å². The van der Waals surface area contributed by atoms with Gasteiger partial charge < -0.3 is 54.4 Å². The maximum absolute atomic E-state index is 14.3. The molecule has 1 aliphatic rings. The van der Waals surface area contributed by atoms with Crippen LogP contribution in [0.5, 0.6) is 17.2 Å². The molecule has 0 unspecified atom stereocenters. The molecule has 18 heteroatoms. The van der Waals surface area contributed by atoms with Crippen molar-refractivity contribution >= 4 is 36.1 Å². The van der Waals surface area contributed by atoms with Crippen molar-refractivity contribution in [3.05, 3.63) is 77.4 Å². The van der Waals surface area contributed by atoms with Crippen molar-refractivity contribution in [3.63, 3.8) is 0 Å². The van der Waals surface area contributed by atoms with Gasteiger partial charge in [0.1, 0.15) is 54.9 Å². The number of hydrogen-bond acceptors (Lipinski definition) is 13. The molecule has 0 fully saturated rings. The van der Waals surface area contributed by atoms with E-state index < -0.39 is 65.4 Å². The van der Waals surface area contributed by atoms with Gasteiger partial charge in [0.05, 0.1) is 27.3 Å². The zero-order valence-corrected chi connectivity index (χ0v) is 37.5. The highest BCUT2D eigenvalue weighted by molar-refractivity contribution is 5.94. The normalized spacial score (nSPS) is 16.4. The number of alkyl carbamates (subject to hydrolysis) is 2. The number of rotatable bonds is 13. The molecule has 4 N–H and O–H groups in total. The van der Waals surface area contributed by atoms with E-state index in [2.05, 4.69) is 21.3 Å². The molecule has 3 atom stereocenters. The van der Waals surface area contributed by atoms with Crippen molar-refractivity contribution in [3.8, 4) is 28.4 Å². The summed E-state index contributed by atoms with van der Waals surface area (Å²) in [7, 11) is 3.99. The van der Waals surface area contributed by atoms with E-state index in [0.717, 1.165) is 10.5 Å². The summed E-state index contributed by atoms with van der Waals surface area (Å²) in [5.74, 6) is -1.56. The minimum absolute atomic E-state index is 0.0309. The van der Waals surface area contributed by atoms with Crippen LogP contribution < -0.4 is 35.5 Å². The highest BCUT2D eigenvalue weighted by Crippen LogP contribution is 2.44. The number of carbonyl (C=O) groups is 6. The molecule has 3 aromatic rings. The molecule has 0 radical (unpaired) electrons. The minimum Gasteiger partial charge on any atom is -0.492 e. The topological polar surface area (TPSA) is 218 Å². The lowest BCUT2D eigenvalue weighted by atomic mass is 9.93. The monoisotopic (exact) mass is 877 g/mol. The van der Waals surface area contributed by atoms with Crippen LogP contribution in [-0.2, 0) is 46.4 Å². The fraction of sp³-hybridized carbons (Fsp3) is 0.467. The number of carbonyl (C=O) groups excluding carboxylic acids is 6. The molecule has 4 bridgehead atoms. The number of amides is 5. The van der Waals surface area contributed by atoms with Crippen molar-refractivity contribution in [2.75, 3.05) is 47.6 Å². The lowest BCUT2D eigenvalue weighted by molar-refractivity contribution is -0.145. The third kappa shape index (κ3) is 14.7. The van der Waals surface area contributed by atoms with Gasteiger partial charge in [0.2, 0.25) is 11.8 Å². The Balaban J connectivity index is 1.87. The Hall–Kier alpha value is -6.72. The quantitative estimate of drug-likeness (QED) is 0.0988. The van der Waals surface area contributed by atoms with E-state index in [-0.39, 0.29) is 62.1 Å². The molecule has 4 rings (SSSR count). The van der Waals surface area contributed by atoms with E-state index in [1.165, 1.54) is 28.2 Å². The first-order valence-electron chi connectivity index (χ1n) is 20.4. The van der Waals surface area contributed by atoms with Crippen molar-refractivity contribution in [2.45, 2.75) is 90.8 Å². The van der Waals surface area contributed by atoms with Gasteiger partial charge in [-0.2, -0.15) is 0 Å². The molecule has 0 spiro atoms. The third-order valence-corrected chi connectivity index (χ3v) is 9.11. The summed E-state index contributed by atoms with van der Waals surface area (Å²) in [4.78, 5) is 80.7. The number of hydrogen-bond donors (Lipinski definition) is 4. The SMILES string of the molecule is COC(=O)[C@@H]1Cc2cc(OCCNC(=O)OC(C)(C)C)c(OC)c(c2)-c2cc(ccc2OCCNC(=O)OC(C)(C)C)[C@H](N(C)C(=O)OCc2ccccc2)C(=O)N[C@@H](C)C(=O)N1. The maximum atomic E-state index is 14.3. The van der Waals surface area contributed by atoms with Crippen LogP contribution in [0.1, 0.15) is 71.2 Å². The van der Waals surface area contributed by atoms with Gasteiger partial charge >= 0.3 is 24.2 Å². The van der Waals surface area contributed by atoms with Gasteiger partial charge in [0.25, 0.3) is 0 Å². The molecule has 342 valence electrons. The lowest BCUT2D eigenvalue weighted by Gasteiger charge is -2.30. The van der Waals surface area contributed by atoms with Gasteiger partial charge in [0, 0.05) is 24.6 Å². The second kappa shape index (κ2) is 21.9. The van der Waals surface area contributed by atoms with Crippen LogP contribution in [0.2, 0.25) is 0 Å².